The Labute approximate surface area is 202 Å². The lowest BCUT2D eigenvalue weighted by Gasteiger charge is -2.50. The lowest BCUT2D eigenvalue weighted by atomic mass is 9.53. The average molecular weight is 461 g/mol. The topological polar surface area (TPSA) is 66.8 Å². The number of aromatic hydroxyl groups is 1. The Bertz CT molecular complexity index is 1120. The number of Topliss-reactive ketones (excluding diaryl/α,β-unsaturated/α-hetero) is 1. The molecule has 0 saturated heterocycles. The lowest BCUT2D eigenvalue weighted by Crippen LogP contribution is -2.57. The van der Waals surface area contributed by atoms with Crippen LogP contribution in [0.3, 0.4) is 0 Å². The second-order valence-electron chi connectivity index (χ2n) is 10.8. The van der Waals surface area contributed by atoms with Crippen molar-refractivity contribution in [1.82, 2.24) is 0 Å². The molecule has 3 saturated carbocycles. The summed E-state index contributed by atoms with van der Waals surface area (Å²) in [5.74, 6) is -0.942. The Morgan fingerprint density at radius 3 is 2.44 bits per heavy atom. The number of phenols is 1. The number of ketones is 1. The maximum Gasteiger partial charge on any atom is 0.185 e. The van der Waals surface area contributed by atoms with Crippen LogP contribution in [0.5, 0.6) is 5.75 Å². The molecule has 3 aliphatic carbocycles. The fraction of sp³-hybridized carbons (Fsp3) is 0.500. The fourth-order valence-corrected chi connectivity index (χ4v) is 7.83. The predicted octanol–water partition coefficient (Wildman–Crippen LogP) is 6.06. The van der Waals surface area contributed by atoms with E-state index < -0.39 is 16.6 Å². The molecule has 0 spiro atoms. The summed E-state index contributed by atoms with van der Waals surface area (Å²) in [6.45, 7) is 6.65. The van der Waals surface area contributed by atoms with Crippen molar-refractivity contribution in [3.05, 3.63) is 66.2 Å². The first kappa shape index (κ1) is 23.3. The van der Waals surface area contributed by atoms with Crippen LogP contribution < -0.4 is 0 Å². The molecule has 180 valence electrons. The van der Waals surface area contributed by atoms with Gasteiger partial charge in [-0.3, -0.25) is 4.79 Å². The number of carbonyl (C=O) groups excluding carboxylic acids is 1. The van der Waals surface area contributed by atoms with Crippen molar-refractivity contribution in [3.63, 3.8) is 0 Å². The van der Waals surface area contributed by atoms with E-state index in [1.807, 2.05) is 30.3 Å². The molecule has 34 heavy (non-hydrogen) atoms. The number of aryl methyl sites for hydroxylation is 1. The second-order valence-corrected chi connectivity index (χ2v) is 10.8. The molecule has 4 heteroatoms. The van der Waals surface area contributed by atoms with Gasteiger partial charge in [0.05, 0.1) is 5.41 Å². The molecule has 5 rings (SSSR count). The molecule has 0 heterocycles. The zero-order chi connectivity index (χ0) is 24.1. The van der Waals surface area contributed by atoms with E-state index >= 15 is 0 Å². The summed E-state index contributed by atoms with van der Waals surface area (Å²) >= 11 is 0. The summed E-state index contributed by atoms with van der Waals surface area (Å²) in [6, 6.07) is 15.4. The molecule has 2 aromatic carbocycles. The third-order valence-electron chi connectivity index (χ3n) is 9.57. The highest BCUT2D eigenvalue weighted by molar-refractivity contribution is 5.89. The van der Waals surface area contributed by atoms with Crippen molar-refractivity contribution < 1.29 is 19.7 Å². The van der Waals surface area contributed by atoms with Gasteiger partial charge in [0.15, 0.2) is 5.79 Å². The molecule has 3 fully saturated rings. The summed E-state index contributed by atoms with van der Waals surface area (Å²) in [5, 5.41) is 21.7. The first-order valence-corrected chi connectivity index (χ1v) is 12.7. The first-order chi connectivity index (χ1) is 16.3. The zero-order valence-electron chi connectivity index (χ0n) is 20.3. The quantitative estimate of drug-likeness (QED) is 0.389. The standard InChI is InChI=1S/C30H36O4/c1-20-26-16-17-29(30(26,33)34-3,28(20,2)24-11-4-5-12-24)27(32)15-14-21-8-6-9-22(18-21)23-10-7-13-25(31)19-23/h6-10,13,18-19,24,26,31,33H,1,4-5,11-12,14-17H2,2-3H3. The number of benzene rings is 2. The minimum Gasteiger partial charge on any atom is -0.508 e. The molecule has 2 N–H and O–H groups in total. The number of hydrogen-bond donors (Lipinski definition) is 2. The van der Waals surface area contributed by atoms with Crippen molar-refractivity contribution in [2.24, 2.45) is 22.7 Å². The molecule has 4 atom stereocenters. The third kappa shape index (κ3) is 3.08. The SMILES string of the molecule is C=C1C2CCC(C(=O)CCc3cccc(-c4cccc(O)c4)c3)(C2(O)OC)C1(C)C1CCCC1. The highest BCUT2D eigenvalue weighted by atomic mass is 16.6. The van der Waals surface area contributed by atoms with Gasteiger partial charge in [-0.25, -0.2) is 0 Å². The largest absolute Gasteiger partial charge is 0.508 e. The van der Waals surface area contributed by atoms with E-state index in [1.54, 1.807) is 19.2 Å². The molecule has 0 aromatic heterocycles. The lowest BCUT2D eigenvalue weighted by molar-refractivity contribution is -0.257. The number of rotatable bonds is 7. The maximum atomic E-state index is 14.2. The van der Waals surface area contributed by atoms with Crippen LogP contribution in [-0.2, 0) is 16.0 Å². The maximum absolute atomic E-state index is 14.2. The fourth-order valence-electron chi connectivity index (χ4n) is 7.83. The van der Waals surface area contributed by atoms with Crippen molar-refractivity contribution in [3.8, 4) is 16.9 Å². The molecule has 0 aliphatic heterocycles. The van der Waals surface area contributed by atoms with Gasteiger partial charge in [-0.1, -0.05) is 68.3 Å². The van der Waals surface area contributed by atoms with E-state index in [1.165, 1.54) is 12.8 Å². The number of ether oxygens (including phenoxy) is 1. The summed E-state index contributed by atoms with van der Waals surface area (Å²) in [7, 11) is 1.55. The van der Waals surface area contributed by atoms with E-state index in [4.69, 9.17) is 4.74 Å². The normalized spacial score (nSPS) is 33.0. The van der Waals surface area contributed by atoms with Crippen LogP contribution in [0.2, 0.25) is 0 Å². The van der Waals surface area contributed by atoms with Gasteiger partial charge in [0.2, 0.25) is 0 Å². The molecular formula is C30H36O4. The van der Waals surface area contributed by atoms with Crippen LogP contribution in [-0.4, -0.2) is 28.9 Å². The number of fused-ring (bicyclic) bond motifs is 2. The number of hydrogen-bond acceptors (Lipinski definition) is 4. The first-order valence-electron chi connectivity index (χ1n) is 12.7. The molecule has 4 nitrogen and oxygen atoms in total. The van der Waals surface area contributed by atoms with Crippen LogP contribution in [0.4, 0.5) is 0 Å². The predicted molar refractivity (Wildman–Crippen MR) is 133 cm³/mol. The third-order valence-corrected chi connectivity index (χ3v) is 9.57. The van der Waals surface area contributed by atoms with Crippen molar-refractivity contribution in [2.45, 2.75) is 64.1 Å². The molecule has 2 bridgehead atoms. The summed E-state index contributed by atoms with van der Waals surface area (Å²) in [5.41, 5.74) is 2.68. The summed E-state index contributed by atoms with van der Waals surface area (Å²) < 4.78 is 5.83. The van der Waals surface area contributed by atoms with Crippen LogP contribution in [0.15, 0.2) is 60.7 Å². The number of aliphatic hydroxyl groups is 1. The Balaban J connectivity index is 1.44. The minimum absolute atomic E-state index is 0.107. The van der Waals surface area contributed by atoms with Crippen LogP contribution in [0.1, 0.15) is 57.4 Å². The monoisotopic (exact) mass is 460 g/mol. The van der Waals surface area contributed by atoms with Gasteiger partial charge >= 0.3 is 0 Å². The minimum atomic E-state index is -1.47. The van der Waals surface area contributed by atoms with Gasteiger partial charge in [0, 0.05) is 24.9 Å². The van der Waals surface area contributed by atoms with E-state index in [0.29, 0.717) is 25.2 Å². The van der Waals surface area contributed by atoms with Gasteiger partial charge in [0.1, 0.15) is 11.5 Å². The van der Waals surface area contributed by atoms with Gasteiger partial charge in [-0.2, -0.15) is 0 Å². The average Bonchev–Trinajstić information content (AvgIpc) is 3.52. The van der Waals surface area contributed by atoms with E-state index in [0.717, 1.165) is 41.5 Å². The van der Waals surface area contributed by atoms with Crippen LogP contribution in [0, 0.1) is 22.7 Å². The molecule has 3 aliphatic rings. The highest BCUT2D eigenvalue weighted by Gasteiger charge is 2.79. The summed E-state index contributed by atoms with van der Waals surface area (Å²) in [6.07, 6.45) is 6.90. The van der Waals surface area contributed by atoms with E-state index in [-0.39, 0.29) is 17.5 Å². The van der Waals surface area contributed by atoms with Crippen molar-refractivity contribution in [2.75, 3.05) is 7.11 Å². The molecular weight excluding hydrogens is 424 g/mol. The molecule has 0 amide bonds. The second kappa shape index (κ2) is 8.35. The smallest absolute Gasteiger partial charge is 0.185 e. The molecule has 2 aromatic rings. The van der Waals surface area contributed by atoms with Gasteiger partial charge in [-0.05, 0) is 66.8 Å². The Hall–Kier alpha value is -2.43. The van der Waals surface area contributed by atoms with E-state index in [9.17, 15) is 15.0 Å². The number of carbonyl (C=O) groups is 1. The van der Waals surface area contributed by atoms with Gasteiger partial charge < -0.3 is 14.9 Å². The van der Waals surface area contributed by atoms with Gasteiger partial charge in [-0.15, -0.1) is 0 Å². The Morgan fingerprint density at radius 2 is 1.76 bits per heavy atom. The summed E-state index contributed by atoms with van der Waals surface area (Å²) in [4.78, 5) is 14.2. The molecule has 4 unspecified atom stereocenters. The van der Waals surface area contributed by atoms with E-state index in [2.05, 4.69) is 19.6 Å². The van der Waals surface area contributed by atoms with Gasteiger partial charge in [0.25, 0.3) is 0 Å². The van der Waals surface area contributed by atoms with Crippen LogP contribution in [0.25, 0.3) is 11.1 Å². The zero-order valence-corrected chi connectivity index (χ0v) is 20.3. The Morgan fingerprint density at radius 1 is 1.09 bits per heavy atom. The van der Waals surface area contributed by atoms with Crippen molar-refractivity contribution in [1.29, 1.82) is 0 Å². The molecule has 0 radical (unpaired) electrons. The number of methoxy groups -OCH3 is 1. The highest BCUT2D eigenvalue weighted by Crippen LogP contribution is 2.75. The Kier molecular flexibility index (Phi) is 5.73. The van der Waals surface area contributed by atoms with Crippen LogP contribution >= 0.6 is 0 Å². The number of phenolic OH excluding ortho intramolecular Hbond substituents is 1. The van der Waals surface area contributed by atoms with Crippen molar-refractivity contribution >= 4 is 5.78 Å².